The number of nitrogens with zero attached hydrogens (tertiary/aromatic N) is 1. The summed E-state index contributed by atoms with van der Waals surface area (Å²) < 4.78 is 0. The van der Waals surface area contributed by atoms with Gasteiger partial charge in [-0.25, -0.2) is 0 Å². The molecule has 0 radical (unpaired) electrons. The van der Waals surface area contributed by atoms with E-state index in [1.54, 1.807) is 4.90 Å². The monoisotopic (exact) mass is 304 g/mol. The zero-order chi connectivity index (χ0) is 16.2. The predicted molar refractivity (Wildman–Crippen MR) is 85.9 cm³/mol. The number of carbonyl (C=O) groups excluding carboxylic acids is 2. The second-order valence-electron chi connectivity index (χ2n) is 5.90. The molecule has 22 heavy (non-hydrogen) atoms. The SMILES string of the molecule is Cc1ccc(N(C(=O)CNN)C2(C(N)=O)CCCCC2)cc1. The molecule has 6 nitrogen and oxygen atoms in total. The van der Waals surface area contributed by atoms with Crippen LogP contribution in [0.2, 0.25) is 0 Å². The molecule has 2 rings (SSSR count). The number of benzene rings is 1. The Hall–Kier alpha value is -1.92. The van der Waals surface area contributed by atoms with Gasteiger partial charge in [0.15, 0.2) is 0 Å². The number of primary amides is 1. The molecular formula is C16H24N4O2. The molecule has 5 N–H and O–H groups in total. The van der Waals surface area contributed by atoms with Crippen LogP contribution in [0.3, 0.4) is 0 Å². The molecule has 0 aliphatic heterocycles. The van der Waals surface area contributed by atoms with Crippen molar-refractivity contribution in [1.29, 1.82) is 0 Å². The van der Waals surface area contributed by atoms with E-state index in [9.17, 15) is 9.59 Å². The highest BCUT2D eigenvalue weighted by atomic mass is 16.2. The van der Waals surface area contributed by atoms with Crippen LogP contribution < -0.4 is 21.9 Å². The standard InChI is InChI=1S/C16H24N4O2/c1-12-5-7-13(8-6-12)20(14(21)11-19-18)16(15(17)22)9-3-2-4-10-16/h5-8,19H,2-4,9-11,18H2,1H3,(H2,17,22). The molecule has 1 saturated carbocycles. The third-order valence-electron chi connectivity index (χ3n) is 4.36. The Morgan fingerprint density at radius 1 is 1.18 bits per heavy atom. The van der Waals surface area contributed by atoms with Gasteiger partial charge in [-0.15, -0.1) is 0 Å². The number of rotatable bonds is 5. The Balaban J connectivity index is 2.48. The maximum Gasteiger partial charge on any atom is 0.243 e. The van der Waals surface area contributed by atoms with E-state index in [2.05, 4.69) is 5.43 Å². The van der Waals surface area contributed by atoms with E-state index in [4.69, 9.17) is 11.6 Å². The lowest BCUT2D eigenvalue weighted by molar-refractivity contribution is -0.129. The fourth-order valence-corrected chi connectivity index (χ4v) is 3.21. The van der Waals surface area contributed by atoms with Crippen LogP contribution in [-0.4, -0.2) is 23.9 Å². The van der Waals surface area contributed by atoms with Crippen molar-refractivity contribution in [3.8, 4) is 0 Å². The largest absolute Gasteiger partial charge is 0.368 e. The summed E-state index contributed by atoms with van der Waals surface area (Å²) in [4.78, 5) is 26.4. The van der Waals surface area contributed by atoms with E-state index in [-0.39, 0.29) is 12.5 Å². The topological polar surface area (TPSA) is 101 Å². The highest BCUT2D eigenvalue weighted by Crippen LogP contribution is 2.37. The third-order valence-corrected chi connectivity index (χ3v) is 4.36. The van der Waals surface area contributed by atoms with Gasteiger partial charge < -0.3 is 5.73 Å². The minimum absolute atomic E-state index is 0.0388. The molecule has 0 bridgehead atoms. The van der Waals surface area contributed by atoms with E-state index in [0.29, 0.717) is 18.5 Å². The molecule has 1 aliphatic carbocycles. The van der Waals surface area contributed by atoms with Crippen LogP contribution in [-0.2, 0) is 9.59 Å². The fourth-order valence-electron chi connectivity index (χ4n) is 3.21. The molecule has 0 heterocycles. The highest BCUT2D eigenvalue weighted by molar-refractivity contribution is 6.04. The normalized spacial score (nSPS) is 17.0. The first-order valence-corrected chi connectivity index (χ1v) is 7.64. The minimum atomic E-state index is -0.957. The van der Waals surface area contributed by atoms with Crippen LogP contribution >= 0.6 is 0 Å². The van der Waals surface area contributed by atoms with Gasteiger partial charge in [0.05, 0.1) is 6.54 Å². The molecule has 0 spiro atoms. The molecule has 2 amide bonds. The summed E-state index contributed by atoms with van der Waals surface area (Å²) in [6, 6.07) is 7.54. The number of anilines is 1. The van der Waals surface area contributed by atoms with Crippen molar-refractivity contribution in [2.45, 2.75) is 44.6 Å². The molecule has 0 atom stereocenters. The van der Waals surface area contributed by atoms with E-state index in [1.807, 2.05) is 31.2 Å². The van der Waals surface area contributed by atoms with Gasteiger partial charge in [-0.3, -0.25) is 25.8 Å². The molecule has 1 fully saturated rings. The summed E-state index contributed by atoms with van der Waals surface area (Å²) in [5.74, 6) is 4.61. The molecule has 0 unspecified atom stereocenters. The Labute approximate surface area is 130 Å². The van der Waals surface area contributed by atoms with Gasteiger partial charge >= 0.3 is 0 Å². The second kappa shape index (κ2) is 6.89. The average Bonchev–Trinajstić information content (AvgIpc) is 2.50. The number of hydrogen-bond acceptors (Lipinski definition) is 4. The number of aryl methyl sites for hydroxylation is 1. The van der Waals surface area contributed by atoms with Gasteiger partial charge in [-0.05, 0) is 31.9 Å². The lowest BCUT2D eigenvalue weighted by atomic mass is 9.79. The van der Waals surface area contributed by atoms with Crippen LogP contribution in [0.5, 0.6) is 0 Å². The van der Waals surface area contributed by atoms with Crippen molar-refractivity contribution < 1.29 is 9.59 Å². The maximum atomic E-state index is 12.6. The summed E-state index contributed by atoms with van der Waals surface area (Å²) in [5, 5.41) is 0. The molecule has 6 heteroatoms. The molecule has 120 valence electrons. The lowest BCUT2D eigenvalue weighted by Crippen LogP contribution is -2.62. The van der Waals surface area contributed by atoms with Gasteiger partial charge in [0.1, 0.15) is 5.54 Å². The van der Waals surface area contributed by atoms with Gasteiger partial charge in [0, 0.05) is 5.69 Å². The van der Waals surface area contributed by atoms with Gasteiger partial charge in [-0.1, -0.05) is 37.0 Å². The predicted octanol–water partition coefficient (Wildman–Crippen LogP) is 0.980. The van der Waals surface area contributed by atoms with Crippen LogP contribution in [0.4, 0.5) is 5.69 Å². The Morgan fingerprint density at radius 3 is 2.27 bits per heavy atom. The first kappa shape index (κ1) is 16.5. The quantitative estimate of drug-likeness (QED) is 0.557. The summed E-state index contributed by atoms with van der Waals surface area (Å²) in [5.41, 5.74) is 8.92. The van der Waals surface area contributed by atoms with E-state index < -0.39 is 11.4 Å². The van der Waals surface area contributed by atoms with Crippen molar-refractivity contribution in [3.05, 3.63) is 29.8 Å². The van der Waals surface area contributed by atoms with Crippen molar-refractivity contribution in [2.75, 3.05) is 11.4 Å². The zero-order valence-corrected chi connectivity index (χ0v) is 13.0. The third kappa shape index (κ3) is 3.13. The second-order valence-corrected chi connectivity index (χ2v) is 5.90. The number of amides is 2. The number of carbonyl (C=O) groups is 2. The van der Waals surface area contributed by atoms with Gasteiger partial charge in [-0.2, -0.15) is 0 Å². The molecule has 0 aromatic heterocycles. The smallest absolute Gasteiger partial charge is 0.243 e. The summed E-state index contributed by atoms with van der Waals surface area (Å²) >= 11 is 0. The summed E-state index contributed by atoms with van der Waals surface area (Å²) in [6.07, 6.45) is 4.00. The molecule has 1 aromatic carbocycles. The number of nitrogens with two attached hydrogens (primary N) is 2. The van der Waals surface area contributed by atoms with Crippen molar-refractivity contribution >= 4 is 17.5 Å². The van der Waals surface area contributed by atoms with Crippen molar-refractivity contribution in [1.82, 2.24) is 5.43 Å². The first-order chi connectivity index (χ1) is 10.5. The van der Waals surface area contributed by atoms with Crippen molar-refractivity contribution in [2.24, 2.45) is 11.6 Å². The van der Waals surface area contributed by atoms with Crippen LogP contribution in [0.25, 0.3) is 0 Å². The molecule has 1 aromatic rings. The van der Waals surface area contributed by atoms with E-state index >= 15 is 0 Å². The Bertz CT molecular complexity index is 536. The fraction of sp³-hybridized carbons (Fsp3) is 0.500. The van der Waals surface area contributed by atoms with E-state index in [1.165, 1.54) is 0 Å². The van der Waals surface area contributed by atoms with Crippen LogP contribution in [0, 0.1) is 6.92 Å². The van der Waals surface area contributed by atoms with Gasteiger partial charge in [0.2, 0.25) is 11.8 Å². The number of hydrogen-bond donors (Lipinski definition) is 3. The number of hydrazine groups is 1. The maximum absolute atomic E-state index is 12.6. The molecule has 1 aliphatic rings. The lowest BCUT2D eigenvalue weighted by Gasteiger charge is -2.44. The Kier molecular flexibility index (Phi) is 5.15. The Morgan fingerprint density at radius 2 is 1.77 bits per heavy atom. The van der Waals surface area contributed by atoms with Gasteiger partial charge in [0.25, 0.3) is 0 Å². The molecule has 0 saturated heterocycles. The van der Waals surface area contributed by atoms with Crippen molar-refractivity contribution in [3.63, 3.8) is 0 Å². The number of nitrogens with one attached hydrogen (secondary N) is 1. The van der Waals surface area contributed by atoms with Crippen LogP contribution in [0.15, 0.2) is 24.3 Å². The highest BCUT2D eigenvalue weighted by Gasteiger charge is 2.46. The molecular weight excluding hydrogens is 280 g/mol. The summed E-state index contributed by atoms with van der Waals surface area (Å²) in [7, 11) is 0. The zero-order valence-electron chi connectivity index (χ0n) is 13.0. The summed E-state index contributed by atoms with van der Waals surface area (Å²) in [6.45, 7) is 1.94. The average molecular weight is 304 g/mol. The van der Waals surface area contributed by atoms with E-state index in [0.717, 1.165) is 24.8 Å². The minimum Gasteiger partial charge on any atom is -0.368 e. The first-order valence-electron chi connectivity index (χ1n) is 7.64. The van der Waals surface area contributed by atoms with Crippen LogP contribution in [0.1, 0.15) is 37.7 Å².